The van der Waals surface area contributed by atoms with Crippen LogP contribution in [0.2, 0.25) is 5.02 Å². The van der Waals surface area contributed by atoms with E-state index in [0.29, 0.717) is 12.8 Å². The van der Waals surface area contributed by atoms with Gasteiger partial charge in [0.2, 0.25) is 0 Å². The first-order valence-electron chi connectivity index (χ1n) is 10.8. The number of fused-ring (bicyclic) bond motifs is 1. The van der Waals surface area contributed by atoms with Crippen molar-refractivity contribution in [2.45, 2.75) is 64.1 Å². The molecule has 34 heavy (non-hydrogen) atoms. The maximum Gasteiger partial charge on any atom is 0.416 e. The Hall–Kier alpha value is -2.94. The molecule has 0 spiro atoms. The first kappa shape index (κ1) is 24.2. The molecule has 0 unspecified atom stereocenters. The number of benzene rings is 1. The van der Waals surface area contributed by atoms with Crippen LogP contribution >= 0.6 is 11.6 Å². The van der Waals surface area contributed by atoms with Gasteiger partial charge in [0.25, 0.3) is 0 Å². The second-order valence-corrected chi connectivity index (χ2v) is 9.77. The maximum absolute atomic E-state index is 13.1. The molecule has 1 aliphatic rings. The second-order valence-electron chi connectivity index (χ2n) is 9.34. The Morgan fingerprint density at radius 1 is 1.21 bits per heavy atom. The number of hydrogen-bond donors (Lipinski definition) is 0. The van der Waals surface area contributed by atoms with Crippen LogP contribution in [0.15, 0.2) is 48.9 Å². The largest absolute Gasteiger partial charge is 0.490 e. The number of carbonyl (C=O) groups is 1. The Morgan fingerprint density at radius 2 is 1.94 bits per heavy atom. The molecule has 4 rings (SSSR count). The van der Waals surface area contributed by atoms with Crippen molar-refractivity contribution in [1.82, 2.24) is 14.3 Å². The lowest BCUT2D eigenvalue weighted by Crippen LogP contribution is -2.52. The van der Waals surface area contributed by atoms with E-state index >= 15 is 0 Å². The van der Waals surface area contributed by atoms with E-state index in [1.165, 1.54) is 6.07 Å². The minimum Gasteiger partial charge on any atom is -0.490 e. The number of ether oxygens (including phenoxy) is 2. The predicted octanol–water partition coefficient (Wildman–Crippen LogP) is 6.35. The van der Waals surface area contributed by atoms with Crippen molar-refractivity contribution < 1.29 is 27.4 Å². The number of hydrogen-bond acceptors (Lipinski definition) is 4. The number of pyridine rings is 1. The number of nitrogens with zero attached hydrogens (tertiary/aromatic N) is 3. The summed E-state index contributed by atoms with van der Waals surface area (Å²) >= 11 is 5.85. The van der Waals surface area contributed by atoms with E-state index in [9.17, 15) is 18.0 Å². The third-order valence-electron chi connectivity index (χ3n) is 5.48. The Kier molecular flexibility index (Phi) is 6.42. The van der Waals surface area contributed by atoms with E-state index < -0.39 is 23.4 Å². The Labute approximate surface area is 200 Å². The van der Waals surface area contributed by atoms with Crippen molar-refractivity contribution in [3.05, 3.63) is 65.1 Å². The van der Waals surface area contributed by atoms with Gasteiger partial charge in [0.05, 0.1) is 12.1 Å². The third kappa shape index (κ3) is 5.58. The first-order chi connectivity index (χ1) is 15.9. The van der Waals surface area contributed by atoms with Crippen LogP contribution in [-0.4, -0.2) is 38.1 Å². The fourth-order valence-electron chi connectivity index (χ4n) is 3.85. The van der Waals surface area contributed by atoms with Crippen molar-refractivity contribution in [3.63, 3.8) is 0 Å². The summed E-state index contributed by atoms with van der Waals surface area (Å²) in [6.45, 7) is 5.66. The lowest BCUT2D eigenvalue weighted by Gasteiger charge is -2.42. The van der Waals surface area contributed by atoms with Gasteiger partial charge in [0.15, 0.2) is 0 Å². The molecule has 1 aromatic carbocycles. The second kappa shape index (κ2) is 9.02. The van der Waals surface area contributed by atoms with Gasteiger partial charge in [-0.2, -0.15) is 13.2 Å². The molecule has 6 nitrogen and oxygen atoms in total. The summed E-state index contributed by atoms with van der Waals surface area (Å²) in [5.74, 6) is 0.0502. The standard InChI is InChI=1S/C24H25ClF3N3O3/c1-23(2,3)34-22(32)31(14-15-5-4-7-30-8-6-29-21(15)30)18-12-20(13-18)33-19-10-16(24(26,27)28)9-17(25)11-19/h4-11,18,20H,12-14H2,1-3H3/t18-,20-. The molecule has 182 valence electrons. The highest BCUT2D eigenvalue weighted by molar-refractivity contribution is 6.30. The van der Waals surface area contributed by atoms with Crippen molar-refractivity contribution in [3.8, 4) is 5.75 Å². The molecule has 2 aromatic heterocycles. The van der Waals surface area contributed by atoms with Crippen LogP contribution in [-0.2, 0) is 17.5 Å². The highest BCUT2D eigenvalue weighted by atomic mass is 35.5. The molecule has 1 saturated carbocycles. The van der Waals surface area contributed by atoms with E-state index in [2.05, 4.69) is 4.98 Å². The summed E-state index contributed by atoms with van der Waals surface area (Å²) in [4.78, 5) is 19.0. The minimum absolute atomic E-state index is 0.0502. The van der Waals surface area contributed by atoms with Gasteiger partial charge in [-0.1, -0.05) is 17.7 Å². The van der Waals surface area contributed by atoms with Crippen molar-refractivity contribution in [2.24, 2.45) is 0 Å². The SMILES string of the molecule is CC(C)(C)OC(=O)N(Cc1cccn2ccnc12)[C@H]1C[C@H](Oc2cc(Cl)cc(C(F)(F)F)c2)C1. The fraction of sp³-hybridized carbons (Fsp3) is 0.417. The zero-order chi connectivity index (χ0) is 24.7. The zero-order valence-electron chi connectivity index (χ0n) is 19.0. The van der Waals surface area contributed by atoms with Crippen LogP contribution < -0.4 is 4.74 Å². The number of rotatable bonds is 5. The van der Waals surface area contributed by atoms with Gasteiger partial charge in [0, 0.05) is 48.1 Å². The number of carbonyl (C=O) groups excluding carboxylic acids is 1. The van der Waals surface area contributed by atoms with Crippen molar-refractivity contribution in [1.29, 1.82) is 0 Å². The normalized spacial score (nSPS) is 18.4. The topological polar surface area (TPSA) is 56.1 Å². The van der Waals surface area contributed by atoms with Crippen LogP contribution in [0, 0.1) is 0 Å². The van der Waals surface area contributed by atoms with E-state index in [1.54, 1.807) is 31.9 Å². The number of alkyl halides is 3. The average Bonchev–Trinajstić information content (AvgIpc) is 3.16. The van der Waals surface area contributed by atoms with Gasteiger partial charge < -0.3 is 18.8 Å². The van der Waals surface area contributed by atoms with Gasteiger partial charge in [-0.15, -0.1) is 0 Å². The zero-order valence-corrected chi connectivity index (χ0v) is 19.7. The molecule has 2 heterocycles. The van der Waals surface area contributed by atoms with Crippen molar-refractivity contribution >= 4 is 23.3 Å². The highest BCUT2D eigenvalue weighted by Crippen LogP contribution is 2.37. The van der Waals surface area contributed by atoms with Gasteiger partial charge in [-0.05, 0) is 45.0 Å². The summed E-state index contributed by atoms with van der Waals surface area (Å²) in [5.41, 5.74) is 0.0477. The minimum atomic E-state index is -4.52. The van der Waals surface area contributed by atoms with Crippen LogP contribution in [0.5, 0.6) is 5.75 Å². The molecular formula is C24H25ClF3N3O3. The predicted molar refractivity (Wildman–Crippen MR) is 121 cm³/mol. The molecule has 10 heteroatoms. The summed E-state index contributed by atoms with van der Waals surface area (Å²) in [6, 6.07) is 6.73. The van der Waals surface area contributed by atoms with E-state index in [1.807, 2.05) is 28.9 Å². The fourth-order valence-corrected chi connectivity index (χ4v) is 4.08. The number of aromatic nitrogens is 2. The van der Waals surface area contributed by atoms with Crippen LogP contribution in [0.3, 0.4) is 0 Å². The highest BCUT2D eigenvalue weighted by Gasteiger charge is 2.40. The molecule has 0 N–H and O–H groups in total. The monoisotopic (exact) mass is 495 g/mol. The molecule has 1 aliphatic carbocycles. The summed E-state index contributed by atoms with van der Waals surface area (Å²) < 4.78 is 52.5. The summed E-state index contributed by atoms with van der Waals surface area (Å²) in [5, 5.41) is -0.0520. The van der Waals surface area contributed by atoms with Gasteiger partial charge in [0.1, 0.15) is 23.1 Å². The van der Waals surface area contributed by atoms with Crippen molar-refractivity contribution in [2.75, 3.05) is 0 Å². The van der Waals surface area contributed by atoms with Crippen LogP contribution in [0.4, 0.5) is 18.0 Å². The maximum atomic E-state index is 13.1. The molecule has 0 bridgehead atoms. The molecular weight excluding hydrogens is 471 g/mol. The van der Waals surface area contributed by atoms with Crippen LogP contribution in [0.25, 0.3) is 5.65 Å². The molecule has 0 atom stereocenters. The number of amides is 1. The lowest BCUT2D eigenvalue weighted by atomic mass is 9.87. The molecule has 0 radical (unpaired) electrons. The Morgan fingerprint density at radius 3 is 2.62 bits per heavy atom. The summed E-state index contributed by atoms with van der Waals surface area (Å²) in [6.07, 6.45) is 0.941. The van der Waals surface area contributed by atoms with Gasteiger partial charge in [-0.25, -0.2) is 9.78 Å². The molecule has 0 aliphatic heterocycles. The lowest BCUT2D eigenvalue weighted by molar-refractivity contribution is -0.137. The van der Waals surface area contributed by atoms with E-state index in [4.69, 9.17) is 21.1 Å². The van der Waals surface area contributed by atoms with Crippen LogP contribution in [0.1, 0.15) is 44.7 Å². The van der Waals surface area contributed by atoms with E-state index in [0.717, 1.165) is 23.3 Å². The Balaban J connectivity index is 1.49. The quantitative estimate of drug-likeness (QED) is 0.413. The third-order valence-corrected chi connectivity index (χ3v) is 5.70. The Bertz CT molecular complexity index is 1180. The van der Waals surface area contributed by atoms with Gasteiger partial charge >= 0.3 is 12.3 Å². The molecule has 0 saturated heterocycles. The summed E-state index contributed by atoms with van der Waals surface area (Å²) in [7, 11) is 0. The number of imidazole rings is 1. The number of halogens is 4. The first-order valence-corrected chi connectivity index (χ1v) is 11.2. The molecule has 1 amide bonds. The molecule has 3 aromatic rings. The van der Waals surface area contributed by atoms with E-state index in [-0.39, 0.29) is 29.5 Å². The molecule has 1 fully saturated rings. The smallest absolute Gasteiger partial charge is 0.416 e. The average molecular weight is 496 g/mol. The van der Waals surface area contributed by atoms with Gasteiger partial charge in [-0.3, -0.25) is 0 Å².